The largest absolute Gasteiger partial charge is 0.463 e. The van der Waals surface area contributed by atoms with Gasteiger partial charge in [0.2, 0.25) is 0 Å². The van der Waals surface area contributed by atoms with Crippen molar-refractivity contribution in [2.45, 2.75) is 38.1 Å². The van der Waals surface area contributed by atoms with Crippen molar-refractivity contribution in [1.29, 1.82) is 0 Å². The Morgan fingerprint density at radius 3 is 2.50 bits per heavy atom. The van der Waals surface area contributed by atoms with Crippen LogP contribution in [0.4, 0.5) is 0 Å². The van der Waals surface area contributed by atoms with E-state index in [0.29, 0.717) is 45.5 Å². The molecule has 6 nitrogen and oxygen atoms in total. The molecule has 0 spiro atoms. The maximum absolute atomic E-state index is 11.3. The summed E-state index contributed by atoms with van der Waals surface area (Å²) in [6.45, 7) is 1.73. The maximum Gasteiger partial charge on any atom is 0.305 e. The van der Waals surface area contributed by atoms with Gasteiger partial charge in [0.15, 0.2) is 12.1 Å². The van der Waals surface area contributed by atoms with Crippen molar-refractivity contribution >= 4 is 11.8 Å². The van der Waals surface area contributed by atoms with E-state index in [0.717, 1.165) is 0 Å². The highest BCUT2D eigenvalue weighted by molar-refractivity contribution is 5.79. The third-order valence-electron chi connectivity index (χ3n) is 2.65. The summed E-state index contributed by atoms with van der Waals surface area (Å²) < 4.78 is 19.8. The molecule has 102 valence electrons. The van der Waals surface area contributed by atoms with Gasteiger partial charge < -0.3 is 18.9 Å². The van der Waals surface area contributed by atoms with Gasteiger partial charge >= 0.3 is 5.97 Å². The lowest BCUT2D eigenvalue weighted by Gasteiger charge is -2.03. The molecular formula is C12H18O6. The van der Waals surface area contributed by atoms with Crippen molar-refractivity contribution in [3.05, 3.63) is 0 Å². The third-order valence-corrected chi connectivity index (χ3v) is 2.65. The van der Waals surface area contributed by atoms with Gasteiger partial charge in [0.05, 0.1) is 6.61 Å². The smallest absolute Gasteiger partial charge is 0.305 e. The first kappa shape index (κ1) is 13.5. The minimum atomic E-state index is -0.222. The predicted octanol–water partition coefficient (Wildman–Crippen LogP) is 0.431. The van der Waals surface area contributed by atoms with Gasteiger partial charge in [0.1, 0.15) is 25.9 Å². The van der Waals surface area contributed by atoms with E-state index < -0.39 is 0 Å². The number of epoxide rings is 2. The standard InChI is InChI=1S/C12H18O6/c13-9(5-17-12-8-18-12)3-1-2-4-11(14)16-7-10-6-15-10/h10,12H,1-8H2. The highest BCUT2D eigenvalue weighted by Crippen LogP contribution is 2.11. The molecule has 2 rings (SSSR count). The van der Waals surface area contributed by atoms with Gasteiger partial charge in [-0.25, -0.2) is 0 Å². The first-order chi connectivity index (χ1) is 8.74. The summed E-state index contributed by atoms with van der Waals surface area (Å²) in [4.78, 5) is 22.6. The first-order valence-electron chi connectivity index (χ1n) is 6.26. The SMILES string of the molecule is O=C(CCCCC(=O)OCC1CO1)COC1CO1. The van der Waals surface area contributed by atoms with Crippen molar-refractivity contribution in [2.24, 2.45) is 0 Å². The molecule has 0 N–H and O–H groups in total. The van der Waals surface area contributed by atoms with Crippen molar-refractivity contribution in [3.63, 3.8) is 0 Å². The van der Waals surface area contributed by atoms with Crippen molar-refractivity contribution in [1.82, 2.24) is 0 Å². The second kappa shape index (κ2) is 6.82. The van der Waals surface area contributed by atoms with Crippen LogP contribution in [0.5, 0.6) is 0 Å². The van der Waals surface area contributed by atoms with Gasteiger partial charge in [0, 0.05) is 12.8 Å². The molecule has 6 heteroatoms. The van der Waals surface area contributed by atoms with E-state index >= 15 is 0 Å². The fourth-order valence-electron chi connectivity index (χ4n) is 1.41. The van der Waals surface area contributed by atoms with Crippen LogP contribution in [0, 0.1) is 0 Å². The molecule has 2 aliphatic rings. The number of unbranched alkanes of at least 4 members (excludes halogenated alkanes) is 1. The Bertz CT molecular complexity index is 265. The van der Waals surface area contributed by atoms with Crippen LogP contribution in [-0.2, 0) is 28.5 Å². The Morgan fingerprint density at radius 2 is 1.83 bits per heavy atom. The van der Waals surface area contributed by atoms with E-state index in [-0.39, 0.29) is 30.8 Å². The molecule has 0 aliphatic carbocycles. The maximum atomic E-state index is 11.3. The fraction of sp³-hybridized carbons (Fsp3) is 0.833. The molecule has 2 saturated heterocycles. The van der Waals surface area contributed by atoms with E-state index in [9.17, 15) is 9.59 Å². The van der Waals surface area contributed by atoms with Gasteiger partial charge in [-0.15, -0.1) is 0 Å². The minimum absolute atomic E-state index is 0.0465. The summed E-state index contributed by atoms with van der Waals surface area (Å²) in [7, 11) is 0. The number of ketones is 1. The molecule has 0 bridgehead atoms. The lowest BCUT2D eigenvalue weighted by atomic mass is 10.1. The third kappa shape index (κ3) is 6.09. The molecule has 0 aromatic carbocycles. The average molecular weight is 258 g/mol. The molecule has 2 heterocycles. The molecule has 0 amide bonds. The second-order valence-electron chi connectivity index (χ2n) is 4.46. The number of esters is 1. The van der Waals surface area contributed by atoms with Crippen LogP contribution in [0.15, 0.2) is 0 Å². The van der Waals surface area contributed by atoms with E-state index in [1.807, 2.05) is 0 Å². The minimum Gasteiger partial charge on any atom is -0.463 e. The van der Waals surface area contributed by atoms with Crippen molar-refractivity contribution in [2.75, 3.05) is 26.4 Å². The van der Waals surface area contributed by atoms with Gasteiger partial charge in [-0.1, -0.05) is 0 Å². The summed E-state index contributed by atoms with van der Waals surface area (Å²) in [5, 5.41) is 0. The van der Waals surface area contributed by atoms with Gasteiger partial charge in [-0.2, -0.15) is 0 Å². The monoisotopic (exact) mass is 258 g/mol. The summed E-state index contributed by atoms with van der Waals surface area (Å²) in [5.41, 5.74) is 0. The molecule has 0 aromatic rings. The van der Waals surface area contributed by atoms with Gasteiger partial charge in [0.25, 0.3) is 0 Å². The number of hydrogen-bond acceptors (Lipinski definition) is 6. The number of rotatable bonds is 10. The number of carbonyl (C=O) groups is 2. The van der Waals surface area contributed by atoms with Crippen LogP contribution in [0.2, 0.25) is 0 Å². The van der Waals surface area contributed by atoms with E-state index in [4.69, 9.17) is 18.9 Å². The number of ether oxygens (including phenoxy) is 4. The van der Waals surface area contributed by atoms with Crippen LogP contribution in [0.25, 0.3) is 0 Å². The van der Waals surface area contributed by atoms with Crippen molar-refractivity contribution < 1.29 is 28.5 Å². The molecule has 2 unspecified atom stereocenters. The van der Waals surface area contributed by atoms with Crippen LogP contribution in [0.3, 0.4) is 0 Å². The zero-order valence-electron chi connectivity index (χ0n) is 10.3. The Hall–Kier alpha value is -0.980. The first-order valence-corrected chi connectivity index (χ1v) is 6.26. The van der Waals surface area contributed by atoms with Gasteiger partial charge in [-0.3, -0.25) is 9.59 Å². The topological polar surface area (TPSA) is 77.7 Å². The highest BCUT2D eigenvalue weighted by Gasteiger charge is 2.24. The fourth-order valence-corrected chi connectivity index (χ4v) is 1.41. The van der Waals surface area contributed by atoms with Crippen LogP contribution >= 0.6 is 0 Å². The molecule has 2 fully saturated rings. The summed E-state index contributed by atoms with van der Waals surface area (Å²) in [5.74, 6) is -0.175. The molecule has 2 atom stereocenters. The lowest BCUT2D eigenvalue weighted by Crippen LogP contribution is -2.11. The zero-order chi connectivity index (χ0) is 12.8. The van der Waals surface area contributed by atoms with Crippen LogP contribution < -0.4 is 0 Å². The van der Waals surface area contributed by atoms with Gasteiger partial charge in [-0.05, 0) is 12.8 Å². The lowest BCUT2D eigenvalue weighted by molar-refractivity contribution is -0.144. The normalized spacial score (nSPS) is 24.7. The van der Waals surface area contributed by atoms with E-state index in [1.165, 1.54) is 0 Å². The molecular weight excluding hydrogens is 240 g/mol. The molecule has 0 saturated carbocycles. The number of Topliss-reactive ketones (excluding diaryl/α,β-unsaturated/α-hetero) is 1. The summed E-state index contributed by atoms with van der Waals surface area (Å²) >= 11 is 0. The van der Waals surface area contributed by atoms with Crippen LogP contribution in [0.1, 0.15) is 25.7 Å². The molecule has 2 aliphatic heterocycles. The molecule has 0 aromatic heterocycles. The zero-order valence-corrected chi connectivity index (χ0v) is 10.3. The highest BCUT2D eigenvalue weighted by atomic mass is 16.8. The number of hydrogen-bond donors (Lipinski definition) is 0. The quantitative estimate of drug-likeness (QED) is 0.321. The predicted molar refractivity (Wildman–Crippen MR) is 59.9 cm³/mol. The van der Waals surface area contributed by atoms with E-state index in [2.05, 4.69) is 0 Å². The molecule has 18 heavy (non-hydrogen) atoms. The van der Waals surface area contributed by atoms with E-state index in [1.54, 1.807) is 0 Å². The summed E-state index contributed by atoms with van der Waals surface area (Å²) in [6, 6.07) is 0. The van der Waals surface area contributed by atoms with Crippen molar-refractivity contribution in [3.8, 4) is 0 Å². The second-order valence-corrected chi connectivity index (χ2v) is 4.46. The Balaban J connectivity index is 1.39. The van der Waals surface area contributed by atoms with Crippen LogP contribution in [-0.4, -0.2) is 50.6 Å². The Morgan fingerprint density at radius 1 is 1.11 bits per heavy atom. The summed E-state index contributed by atoms with van der Waals surface area (Å²) in [6.07, 6.45) is 2.07. The molecule has 0 radical (unpaired) electrons. The Kier molecular flexibility index (Phi) is 5.10. The Labute approximate surface area is 106 Å². The average Bonchev–Trinajstić information content (AvgIpc) is 3.23. The number of carbonyl (C=O) groups excluding carboxylic acids is 2.